The average Bonchev–Trinajstić information content (AvgIpc) is 2.92. The van der Waals surface area contributed by atoms with Crippen LogP contribution in [0.3, 0.4) is 0 Å². The van der Waals surface area contributed by atoms with Gasteiger partial charge in [0.25, 0.3) is 0 Å². The summed E-state index contributed by atoms with van der Waals surface area (Å²) in [5.74, 6) is 0.457. The Morgan fingerprint density at radius 3 is 2.55 bits per heavy atom. The molecule has 2 heterocycles. The first kappa shape index (κ1) is 13.9. The summed E-state index contributed by atoms with van der Waals surface area (Å²) in [6.45, 7) is 4.03. The van der Waals surface area contributed by atoms with Gasteiger partial charge in [-0.05, 0) is 50.6 Å². The Labute approximate surface area is 120 Å². The molecule has 3 fully saturated rings. The van der Waals surface area contributed by atoms with Crippen molar-refractivity contribution in [3.05, 3.63) is 0 Å². The second-order valence-corrected chi connectivity index (χ2v) is 6.65. The third kappa shape index (κ3) is 2.55. The van der Waals surface area contributed by atoms with Crippen molar-refractivity contribution in [1.82, 2.24) is 15.1 Å². The van der Waals surface area contributed by atoms with Crippen LogP contribution >= 0.6 is 0 Å². The molecule has 5 heteroatoms. The number of carbonyl (C=O) groups is 2. The van der Waals surface area contributed by atoms with Crippen molar-refractivity contribution in [3.8, 4) is 0 Å². The van der Waals surface area contributed by atoms with Gasteiger partial charge in [0.05, 0.1) is 6.54 Å². The number of piperidine rings is 1. The highest BCUT2D eigenvalue weighted by atomic mass is 16.2. The lowest BCUT2D eigenvalue weighted by atomic mass is 9.91. The minimum absolute atomic E-state index is 0.110. The van der Waals surface area contributed by atoms with Crippen LogP contribution < -0.4 is 5.32 Å². The normalized spacial score (nSPS) is 27.6. The molecule has 3 aliphatic rings. The SMILES string of the molecule is CN(CC(=O)N1CCCC1)C(=O)C1CC12CCNCC2. The number of amides is 2. The zero-order valence-electron chi connectivity index (χ0n) is 12.4. The number of likely N-dealkylation sites (tertiary alicyclic amines) is 1. The van der Waals surface area contributed by atoms with Gasteiger partial charge in [-0.2, -0.15) is 0 Å². The monoisotopic (exact) mass is 279 g/mol. The number of carbonyl (C=O) groups excluding carboxylic acids is 2. The molecule has 0 aromatic heterocycles. The van der Waals surface area contributed by atoms with Crippen molar-refractivity contribution < 1.29 is 9.59 Å². The van der Waals surface area contributed by atoms with E-state index in [1.165, 1.54) is 0 Å². The minimum Gasteiger partial charge on any atom is -0.341 e. The van der Waals surface area contributed by atoms with E-state index < -0.39 is 0 Å². The van der Waals surface area contributed by atoms with Gasteiger partial charge in [0.15, 0.2) is 0 Å². The van der Waals surface area contributed by atoms with Gasteiger partial charge in [0, 0.05) is 26.1 Å². The number of hydrogen-bond acceptors (Lipinski definition) is 3. The maximum Gasteiger partial charge on any atom is 0.242 e. The van der Waals surface area contributed by atoms with E-state index in [2.05, 4.69) is 5.32 Å². The van der Waals surface area contributed by atoms with Crippen LogP contribution in [0.2, 0.25) is 0 Å². The van der Waals surface area contributed by atoms with Gasteiger partial charge < -0.3 is 15.1 Å². The molecule has 1 spiro atoms. The zero-order chi connectivity index (χ0) is 14.2. The topological polar surface area (TPSA) is 52.7 Å². The van der Waals surface area contributed by atoms with Crippen molar-refractivity contribution in [3.63, 3.8) is 0 Å². The summed E-state index contributed by atoms with van der Waals surface area (Å²) < 4.78 is 0. The van der Waals surface area contributed by atoms with Crippen molar-refractivity contribution in [2.75, 3.05) is 39.8 Å². The fourth-order valence-corrected chi connectivity index (χ4v) is 3.79. The molecule has 3 rings (SSSR count). The van der Waals surface area contributed by atoms with Crippen LogP contribution in [0.4, 0.5) is 0 Å². The largest absolute Gasteiger partial charge is 0.341 e. The lowest BCUT2D eigenvalue weighted by molar-refractivity contribution is -0.140. The molecule has 2 saturated heterocycles. The summed E-state index contributed by atoms with van der Waals surface area (Å²) in [4.78, 5) is 28.1. The maximum absolute atomic E-state index is 12.5. The van der Waals surface area contributed by atoms with Crippen LogP contribution in [0.1, 0.15) is 32.1 Å². The first-order valence-corrected chi connectivity index (χ1v) is 7.86. The molecule has 20 heavy (non-hydrogen) atoms. The van der Waals surface area contributed by atoms with Gasteiger partial charge in [0.1, 0.15) is 0 Å². The van der Waals surface area contributed by atoms with Crippen LogP contribution in [0.15, 0.2) is 0 Å². The Kier molecular flexibility index (Phi) is 3.71. The molecule has 1 N–H and O–H groups in total. The molecule has 1 aliphatic carbocycles. The van der Waals surface area contributed by atoms with Crippen LogP contribution in [-0.4, -0.2) is 61.4 Å². The molecule has 2 aliphatic heterocycles. The number of rotatable bonds is 3. The summed E-state index contributed by atoms with van der Waals surface area (Å²) in [6.07, 6.45) is 5.44. The molecule has 1 saturated carbocycles. The lowest BCUT2D eigenvalue weighted by Crippen LogP contribution is -2.41. The van der Waals surface area contributed by atoms with E-state index in [-0.39, 0.29) is 29.7 Å². The molecular weight excluding hydrogens is 254 g/mol. The first-order chi connectivity index (χ1) is 9.62. The van der Waals surface area contributed by atoms with E-state index in [4.69, 9.17) is 0 Å². The van der Waals surface area contributed by atoms with Crippen LogP contribution in [0.25, 0.3) is 0 Å². The zero-order valence-corrected chi connectivity index (χ0v) is 12.4. The molecule has 2 amide bonds. The van der Waals surface area contributed by atoms with Crippen LogP contribution in [0.5, 0.6) is 0 Å². The van der Waals surface area contributed by atoms with Crippen molar-refractivity contribution in [2.45, 2.75) is 32.1 Å². The molecule has 0 bridgehead atoms. The van der Waals surface area contributed by atoms with E-state index in [1.807, 2.05) is 4.90 Å². The van der Waals surface area contributed by atoms with Gasteiger partial charge in [-0.3, -0.25) is 9.59 Å². The van der Waals surface area contributed by atoms with Crippen molar-refractivity contribution in [1.29, 1.82) is 0 Å². The number of hydrogen-bond donors (Lipinski definition) is 1. The molecule has 112 valence electrons. The molecule has 0 radical (unpaired) electrons. The Morgan fingerprint density at radius 2 is 1.90 bits per heavy atom. The van der Waals surface area contributed by atoms with Gasteiger partial charge >= 0.3 is 0 Å². The summed E-state index contributed by atoms with van der Waals surface area (Å²) in [5, 5.41) is 3.35. The molecule has 0 aromatic rings. The fraction of sp³-hybridized carbons (Fsp3) is 0.867. The maximum atomic E-state index is 12.5. The predicted molar refractivity (Wildman–Crippen MR) is 76.1 cm³/mol. The first-order valence-electron chi connectivity index (χ1n) is 7.86. The quantitative estimate of drug-likeness (QED) is 0.816. The fourth-order valence-electron chi connectivity index (χ4n) is 3.79. The van der Waals surface area contributed by atoms with Gasteiger partial charge in [0.2, 0.25) is 11.8 Å². The Bertz CT molecular complexity index is 398. The van der Waals surface area contributed by atoms with Crippen molar-refractivity contribution in [2.24, 2.45) is 11.3 Å². The predicted octanol–water partition coefficient (Wildman–Crippen LogP) is 0.457. The standard InChI is InChI=1S/C15H25N3O2/c1-17(11-13(19)18-8-2-3-9-18)14(20)12-10-15(12)4-6-16-7-5-15/h12,16H,2-11H2,1H3. The Morgan fingerprint density at radius 1 is 1.25 bits per heavy atom. The minimum atomic E-state index is 0.110. The summed E-state index contributed by atoms with van der Waals surface area (Å²) in [5.41, 5.74) is 0.257. The highest BCUT2D eigenvalue weighted by Gasteiger charge is 2.58. The van der Waals surface area contributed by atoms with Crippen LogP contribution in [0, 0.1) is 11.3 Å². The summed E-state index contributed by atoms with van der Waals surface area (Å²) in [7, 11) is 1.78. The molecule has 5 nitrogen and oxygen atoms in total. The number of nitrogens with one attached hydrogen (secondary N) is 1. The second kappa shape index (κ2) is 5.35. The second-order valence-electron chi connectivity index (χ2n) is 6.65. The van der Waals surface area contributed by atoms with Crippen LogP contribution in [-0.2, 0) is 9.59 Å². The van der Waals surface area contributed by atoms with E-state index in [0.717, 1.165) is 58.3 Å². The lowest BCUT2D eigenvalue weighted by Gasteiger charge is -2.25. The van der Waals surface area contributed by atoms with E-state index in [9.17, 15) is 9.59 Å². The van der Waals surface area contributed by atoms with Gasteiger partial charge in [-0.1, -0.05) is 0 Å². The Hall–Kier alpha value is -1.10. The summed E-state index contributed by atoms with van der Waals surface area (Å²) >= 11 is 0. The highest BCUT2D eigenvalue weighted by Crippen LogP contribution is 2.59. The van der Waals surface area contributed by atoms with E-state index >= 15 is 0 Å². The third-order valence-electron chi connectivity index (χ3n) is 5.29. The van der Waals surface area contributed by atoms with Gasteiger partial charge in [-0.25, -0.2) is 0 Å². The Balaban J connectivity index is 1.51. The van der Waals surface area contributed by atoms with E-state index in [1.54, 1.807) is 11.9 Å². The third-order valence-corrected chi connectivity index (χ3v) is 5.29. The highest BCUT2D eigenvalue weighted by molar-refractivity contribution is 5.87. The molecule has 1 unspecified atom stereocenters. The average molecular weight is 279 g/mol. The van der Waals surface area contributed by atoms with E-state index in [0.29, 0.717) is 0 Å². The van der Waals surface area contributed by atoms with Crippen molar-refractivity contribution >= 4 is 11.8 Å². The number of likely N-dealkylation sites (N-methyl/N-ethyl adjacent to an activating group) is 1. The molecule has 1 atom stereocenters. The van der Waals surface area contributed by atoms with Gasteiger partial charge in [-0.15, -0.1) is 0 Å². The number of nitrogens with zero attached hydrogens (tertiary/aromatic N) is 2. The summed E-state index contributed by atoms with van der Waals surface area (Å²) in [6, 6.07) is 0. The molecular formula is C15H25N3O2. The smallest absolute Gasteiger partial charge is 0.242 e. The molecule has 0 aromatic carbocycles.